The highest BCUT2D eigenvalue weighted by molar-refractivity contribution is 6.08. The van der Waals surface area contributed by atoms with E-state index in [-0.39, 0.29) is 37.3 Å². The van der Waals surface area contributed by atoms with Gasteiger partial charge in [-0.2, -0.15) is 0 Å². The van der Waals surface area contributed by atoms with E-state index < -0.39 is 83.1 Å². The van der Waals surface area contributed by atoms with Gasteiger partial charge < -0.3 is 43.2 Å². The minimum atomic E-state index is -3.18. The van der Waals surface area contributed by atoms with Gasteiger partial charge in [0.2, 0.25) is 0 Å². The number of methoxy groups -OCH3 is 1. The van der Waals surface area contributed by atoms with Gasteiger partial charge >= 0.3 is 12.1 Å². The van der Waals surface area contributed by atoms with Crippen LogP contribution < -0.4 is 0 Å². The van der Waals surface area contributed by atoms with Crippen molar-refractivity contribution in [2.75, 3.05) is 27.7 Å². The lowest BCUT2D eigenvalue weighted by atomic mass is 9.73. The van der Waals surface area contributed by atoms with E-state index in [1.807, 2.05) is 48.8 Å². The van der Waals surface area contributed by atoms with Crippen LogP contribution in [0, 0.1) is 17.8 Å². The van der Waals surface area contributed by atoms with Crippen molar-refractivity contribution in [3.05, 3.63) is 37.1 Å². The fourth-order valence-electron chi connectivity index (χ4n) is 9.43. The first-order valence-electron chi connectivity index (χ1n) is 20.8. The Morgan fingerprint density at radius 3 is 2.37 bits per heavy atom. The number of likely N-dealkylation sites (N-methyl/N-ethyl adjacent to an activating group) is 1. The van der Waals surface area contributed by atoms with Gasteiger partial charge in [-0.3, -0.25) is 14.6 Å². The molecule has 2 aromatic heterocycles. The van der Waals surface area contributed by atoms with Crippen molar-refractivity contribution in [3.63, 3.8) is 0 Å². The highest BCUT2D eigenvalue weighted by Gasteiger charge is 2.61. The van der Waals surface area contributed by atoms with Crippen LogP contribution in [0.1, 0.15) is 87.5 Å². The monoisotopic (exact) mass is 829 g/mol. The standard InChI is InChI=1S/C43H64FN5O10/c1-12-32-43(8)35(49(40(54)59-43)19-14-13-18-48-23-30(46-24-48)29-16-15-17-45-22-29)27(4)33(50)25(2)21-41(6,55-11)37(28(5)36(52)42(7,44)39(53)57-32)58-38-34(51)31(47(9)10)20-26(3)56-38/h15-17,22-28,31-32,34-35,37-38,51H,12-14,18-21H2,1-11H3/t25-,26-,27-,28+,31+,32-,34-,35+,37-,38+,41-,42?,43-/m1/s1. The molecular weight excluding hydrogens is 765 g/mol. The molecule has 3 saturated heterocycles. The summed E-state index contributed by atoms with van der Waals surface area (Å²) in [5.41, 5.74) is -4.53. The molecule has 0 spiro atoms. The Morgan fingerprint density at radius 2 is 1.75 bits per heavy atom. The number of Topliss-reactive ketones (excluding diaryl/α,β-unsaturated/α-hetero) is 2. The number of hydrogen-bond donors (Lipinski definition) is 1. The van der Waals surface area contributed by atoms with Crippen LogP contribution >= 0.6 is 0 Å². The van der Waals surface area contributed by atoms with Gasteiger partial charge in [-0.05, 0) is 86.0 Å². The molecule has 1 unspecified atom stereocenters. The van der Waals surface area contributed by atoms with Crippen LogP contribution in [-0.4, -0.2) is 140 Å². The number of aryl methyl sites for hydroxylation is 1. The summed E-state index contributed by atoms with van der Waals surface area (Å²) in [6, 6.07) is 2.49. The lowest BCUT2D eigenvalue weighted by Crippen LogP contribution is -2.61. The van der Waals surface area contributed by atoms with Crippen LogP contribution in [0.25, 0.3) is 11.3 Å². The number of carbonyl (C=O) groups is 4. The molecule has 3 aliphatic rings. The first-order chi connectivity index (χ1) is 27.7. The van der Waals surface area contributed by atoms with Crippen LogP contribution in [0.3, 0.4) is 0 Å². The van der Waals surface area contributed by atoms with Crippen molar-refractivity contribution in [1.82, 2.24) is 24.3 Å². The number of esters is 1. The number of imidazole rings is 1. The number of amides is 1. The number of unbranched alkanes of at least 4 members (excludes halogenated alkanes) is 1. The Labute approximate surface area is 347 Å². The van der Waals surface area contributed by atoms with E-state index in [0.29, 0.717) is 25.8 Å². The highest BCUT2D eigenvalue weighted by atomic mass is 19.1. The van der Waals surface area contributed by atoms with Crippen LogP contribution in [-0.2, 0) is 44.6 Å². The molecule has 2 aromatic rings. The molecule has 0 aromatic carbocycles. The van der Waals surface area contributed by atoms with Crippen molar-refractivity contribution in [1.29, 1.82) is 0 Å². The number of aliphatic hydroxyl groups is 1. The summed E-state index contributed by atoms with van der Waals surface area (Å²) in [6.07, 6.45) is 2.93. The number of halogens is 1. The predicted molar refractivity (Wildman–Crippen MR) is 215 cm³/mol. The number of pyridine rings is 1. The van der Waals surface area contributed by atoms with E-state index >= 15 is 4.39 Å². The summed E-state index contributed by atoms with van der Waals surface area (Å²) in [7, 11) is 5.05. The molecule has 1 N–H and O–H groups in total. The number of hydrogen-bond acceptors (Lipinski definition) is 13. The molecule has 5 heterocycles. The van der Waals surface area contributed by atoms with E-state index in [1.54, 1.807) is 53.3 Å². The average molecular weight is 830 g/mol. The summed E-state index contributed by atoms with van der Waals surface area (Å²) >= 11 is 0. The Bertz CT molecular complexity index is 1790. The summed E-state index contributed by atoms with van der Waals surface area (Å²) in [5.74, 6) is -5.78. The van der Waals surface area contributed by atoms with Crippen LogP contribution in [0.15, 0.2) is 37.1 Å². The zero-order valence-electron chi connectivity index (χ0n) is 36.4. The van der Waals surface area contributed by atoms with Crippen LogP contribution in [0.4, 0.5) is 9.18 Å². The first kappa shape index (κ1) is 46.2. The Hall–Kier alpha value is -3.83. The molecule has 59 heavy (non-hydrogen) atoms. The summed E-state index contributed by atoms with van der Waals surface area (Å²) < 4.78 is 49.4. The lowest BCUT2D eigenvalue weighted by molar-refractivity contribution is -0.295. The van der Waals surface area contributed by atoms with Crippen molar-refractivity contribution in [2.45, 2.75) is 154 Å². The fraction of sp³-hybridized carbons (Fsp3) is 0.721. The van der Waals surface area contributed by atoms with E-state index in [4.69, 9.17) is 23.7 Å². The van der Waals surface area contributed by atoms with Crippen molar-refractivity contribution < 1.29 is 52.4 Å². The minimum absolute atomic E-state index is 0.000728. The van der Waals surface area contributed by atoms with Gasteiger partial charge in [-0.15, -0.1) is 0 Å². The molecule has 5 rings (SSSR count). The van der Waals surface area contributed by atoms with Crippen molar-refractivity contribution in [3.8, 4) is 11.3 Å². The third kappa shape index (κ3) is 9.41. The molecule has 3 fully saturated rings. The molecule has 3 aliphatic heterocycles. The molecule has 0 aliphatic carbocycles. The number of ether oxygens (including phenoxy) is 5. The SMILES string of the molecule is CC[C@H]1OC(=O)C(C)(F)C(=O)[C@H](C)[C@@H](O[C@@H]2O[C@H](C)C[C@H](N(C)C)[C@H]2O)[C@](C)(OC)C[C@@H](C)C(=O)[C@@H](C)[C@@H]2N(CCCCn3cnc(-c4cccnc4)c3)C(=O)O[C@@]21C. The van der Waals surface area contributed by atoms with Crippen molar-refractivity contribution in [2.24, 2.45) is 17.8 Å². The highest BCUT2D eigenvalue weighted by Crippen LogP contribution is 2.43. The zero-order chi connectivity index (χ0) is 43.6. The molecule has 13 atom stereocenters. The number of carbonyl (C=O) groups excluding carboxylic acids is 4. The number of aromatic nitrogens is 3. The second-order valence-electron chi connectivity index (χ2n) is 17.5. The molecule has 0 saturated carbocycles. The summed E-state index contributed by atoms with van der Waals surface area (Å²) in [6.45, 7) is 13.4. The third-order valence-electron chi connectivity index (χ3n) is 12.8. The van der Waals surface area contributed by atoms with Gasteiger partial charge in [0.25, 0.3) is 5.67 Å². The molecule has 1 amide bonds. The smallest absolute Gasteiger partial charge is 0.410 e. The van der Waals surface area contributed by atoms with Gasteiger partial charge in [-0.25, -0.2) is 19.0 Å². The second kappa shape index (κ2) is 18.4. The Morgan fingerprint density at radius 1 is 1.05 bits per heavy atom. The van der Waals surface area contributed by atoms with Crippen molar-refractivity contribution >= 4 is 23.6 Å². The van der Waals surface area contributed by atoms with Gasteiger partial charge in [0.15, 0.2) is 17.7 Å². The summed E-state index contributed by atoms with van der Waals surface area (Å²) in [4.78, 5) is 68.7. The zero-order valence-corrected chi connectivity index (χ0v) is 36.4. The Balaban J connectivity index is 1.46. The molecule has 0 radical (unpaired) electrons. The molecule has 0 bridgehead atoms. The second-order valence-corrected chi connectivity index (χ2v) is 17.5. The maximum Gasteiger partial charge on any atom is 0.410 e. The molecular formula is C43H64FN5O10. The normalized spacial score (nSPS) is 37.6. The fourth-order valence-corrected chi connectivity index (χ4v) is 9.43. The number of fused-ring (bicyclic) bond motifs is 1. The Kier molecular flexibility index (Phi) is 14.4. The largest absolute Gasteiger partial charge is 0.455 e. The van der Waals surface area contributed by atoms with E-state index in [1.165, 1.54) is 18.9 Å². The maximum atomic E-state index is 16.9. The van der Waals surface area contributed by atoms with E-state index in [2.05, 4.69) is 9.97 Å². The maximum absolute atomic E-state index is 16.9. The number of nitrogens with zero attached hydrogens (tertiary/aromatic N) is 5. The molecule has 328 valence electrons. The predicted octanol–water partition coefficient (Wildman–Crippen LogP) is 5.02. The average Bonchev–Trinajstić information content (AvgIpc) is 3.78. The lowest BCUT2D eigenvalue weighted by Gasteiger charge is -2.47. The number of ketones is 2. The molecule has 15 nitrogen and oxygen atoms in total. The first-order valence-corrected chi connectivity index (χ1v) is 20.8. The van der Waals surface area contributed by atoms with Gasteiger partial charge in [0, 0.05) is 68.1 Å². The molecule has 16 heteroatoms. The van der Waals surface area contributed by atoms with Gasteiger partial charge in [0.1, 0.15) is 18.0 Å². The van der Waals surface area contributed by atoms with Gasteiger partial charge in [-0.1, -0.05) is 27.7 Å². The summed E-state index contributed by atoms with van der Waals surface area (Å²) in [5, 5.41) is 11.4. The number of cyclic esters (lactones) is 1. The van der Waals surface area contributed by atoms with Gasteiger partial charge in [0.05, 0.1) is 35.9 Å². The quantitative estimate of drug-likeness (QED) is 0.182. The van der Waals surface area contributed by atoms with E-state index in [9.17, 15) is 24.3 Å². The van der Waals surface area contributed by atoms with E-state index in [0.717, 1.165) is 18.2 Å². The topological polar surface area (TPSA) is 172 Å². The van der Waals surface area contributed by atoms with Crippen LogP contribution in [0.5, 0.6) is 0 Å². The minimum Gasteiger partial charge on any atom is -0.455 e. The van der Waals surface area contributed by atoms with Crippen LogP contribution in [0.2, 0.25) is 0 Å². The number of aliphatic hydroxyl groups excluding tert-OH is 1. The number of rotatable bonds is 11. The third-order valence-corrected chi connectivity index (χ3v) is 12.8. The number of alkyl halides is 1.